The van der Waals surface area contributed by atoms with E-state index in [0.29, 0.717) is 41.5 Å². The molecule has 0 saturated heterocycles. The van der Waals surface area contributed by atoms with Crippen molar-refractivity contribution in [1.82, 2.24) is 4.90 Å². The fourth-order valence-electron chi connectivity index (χ4n) is 3.41. The quantitative estimate of drug-likeness (QED) is 0.835. The minimum atomic E-state index is -0.0527. The highest BCUT2D eigenvalue weighted by Crippen LogP contribution is 2.43. The fraction of sp³-hybridized carbons (Fsp3) is 0.250. The third-order valence-electron chi connectivity index (χ3n) is 4.78. The number of phenols is 1. The minimum Gasteiger partial charge on any atom is -0.504 e. The van der Waals surface area contributed by atoms with Gasteiger partial charge >= 0.3 is 0 Å². The number of rotatable bonds is 4. The summed E-state index contributed by atoms with van der Waals surface area (Å²) in [5.41, 5.74) is 3.11. The van der Waals surface area contributed by atoms with Crippen LogP contribution in [0.1, 0.15) is 16.7 Å². The molecule has 0 atom stereocenters. The Kier molecular flexibility index (Phi) is 4.27. The number of fused-ring (bicyclic) bond motifs is 2. The average molecular weight is 369 g/mol. The van der Waals surface area contributed by atoms with Gasteiger partial charge in [0.05, 0.1) is 19.9 Å². The Morgan fingerprint density at radius 1 is 1.15 bits per heavy atom. The zero-order valence-corrected chi connectivity index (χ0v) is 15.0. The highest BCUT2D eigenvalue weighted by atomic mass is 16.7. The normalized spacial score (nSPS) is 16.2. The molecule has 2 aromatic carbocycles. The van der Waals surface area contributed by atoms with Gasteiger partial charge in [0.1, 0.15) is 0 Å². The lowest BCUT2D eigenvalue weighted by Crippen LogP contribution is -2.28. The summed E-state index contributed by atoms with van der Waals surface area (Å²) in [4.78, 5) is 13.2. The summed E-state index contributed by atoms with van der Waals surface area (Å²) in [5.74, 6) is 1.97. The van der Waals surface area contributed by atoms with Gasteiger partial charge in [-0.05, 0) is 42.3 Å². The molecule has 0 fully saturated rings. The van der Waals surface area contributed by atoms with E-state index < -0.39 is 0 Å². The molecule has 27 heavy (non-hydrogen) atoms. The molecule has 0 radical (unpaired) electrons. The molecule has 140 valence electrons. The molecule has 0 spiro atoms. The van der Waals surface area contributed by atoms with Gasteiger partial charge in [-0.15, -0.1) is 0 Å². The first kappa shape index (κ1) is 17.1. The number of methoxy groups -OCH3 is 2. The van der Waals surface area contributed by atoms with Crippen molar-refractivity contribution >= 4 is 18.2 Å². The topological polar surface area (TPSA) is 77.5 Å². The lowest BCUT2D eigenvalue weighted by atomic mass is 9.94. The first-order valence-corrected chi connectivity index (χ1v) is 8.46. The highest BCUT2D eigenvalue weighted by Gasteiger charge is 2.26. The summed E-state index contributed by atoms with van der Waals surface area (Å²) in [6.07, 6.45) is 3.25. The van der Waals surface area contributed by atoms with Crippen molar-refractivity contribution in [3.63, 3.8) is 0 Å². The molecule has 7 nitrogen and oxygen atoms in total. The second kappa shape index (κ2) is 6.75. The van der Waals surface area contributed by atoms with E-state index in [-0.39, 0.29) is 18.3 Å². The van der Waals surface area contributed by atoms with Crippen LogP contribution in [0.4, 0.5) is 0 Å². The van der Waals surface area contributed by atoms with Crippen molar-refractivity contribution < 1.29 is 28.8 Å². The van der Waals surface area contributed by atoms with Crippen molar-refractivity contribution in [2.75, 3.05) is 27.6 Å². The summed E-state index contributed by atoms with van der Waals surface area (Å²) in [5, 5.41) is 10.6. The van der Waals surface area contributed by atoms with Crippen LogP contribution in [0.5, 0.6) is 28.7 Å². The molecule has 1 amide bonds. The molecule has 0 aromatic heterocycles. The maximum absolute atomic E-state index is 11.6. The second-order valence-electron chi connectivity index (χ2n) is 6.18. The number of hydrogen-bond acceptors (Lipinski definition) is 6. The van der Waals surface area contributed by atoms with Crippen LogP contribution < -0.4 is 18.9 Å². The van der Waals surface area contributed by atoms with Gasteiger partial charge in [-0.1, -0.05) is 0 Å². The van der Waals surface area contributed by atoms with Crippen LogP contribution in [-0.2, 0) is 11.2 Å². The largest absolute Gasteiger partial charge is 0.504 e. The lowest BCUT2D eigenvalue weighted by Gasteiger charge is -2.29. The number of ether oxygens (including phenoxy) is 4. The molecule has 2 aliphatic rings. The number of carbonyl (C=O) groups is 1. The van der Waals surface area contributed by atoms with E-state index >= 15 is 0 Å². The van der Waals surface area contributed by atoms with E-state index in [1.807, 2.05) is 12.1 Å². The Morgan fingerprint density at radius 3 is 2.63 bits per heavy atom. The second-order valence-corrected chi connectivity index (χ2v) is 6.18. The SMILES string of the molecule is COc1ccc(/C=C2\c3cc4c(cc3CCN2C=O)OCO4)c(O)c1OC. The first-order valence-electron chi connectivity index (χ1n) is 8.46. The third-order valence-corrected chi connectivity index (χ3v) is 4.78. The van der Waals surface area contributed by atoms with E-state index in [9.17, 15) is 9.90 Å². The Bertz CT molecular complexity index is 937. The molecule has 4 rings (SSSR count). The maximum Gasteiger partial charge on any atom is 0.231 e. The van der Waals surface area contributed by atoms with Crippen molar-refractivity contribution in [3.8, 4) is 28.7 Å². The average Bonchev–Trinajstić information content (AvgIpc) is 3.15. The fourth-order valence-corrected chi connectivity index (χ4v) is 3.41. The van der Waals surface area contributed by atoms with E-state index in [0.717, 1.165) is 17.5 Å². The number of aromatic hydroxyl groups is 1. The molecule has 0 unspecified atom stereocenters. The van der Waals surface area contributed by atoms with E-state index in [4.69, 9.17) is 18.9 Å². The zero-order chi connectivity index (χ0) is 19.0. The Balaban J connectivity index is 1.86. The predicted octanol–water partition coefficient (Wildman–Crippen LogP) is 2.65. The Morgan fingerprint density at radius 2 is 1.93 bits per heavy atom. The van der Waals surface area contributed by atoms with Gasteiger partial charge < -0.3 is 29.0 Å². The van der Waals surface area contributed by atoms with Crippen LogP contribution in [0.3, 0.4) is 0 Å². The molecule has 1 N–H and O–H groups in total. The molecular formula is C20H19NO6. The Hall–Kier alpha value is -3.35. The van der Waals surface area contributed by atoms with Crippen LogP contribution in [0.25, 0.3) is 11.8 Å². The number of amides is 1. The molecule has 2 aliphatic heterocycles. The Labute approximate surface area is 156 Å². The maximum atomic E-state index is 11.6. The smallest absolute Gasteiger partial charge is 0.231 e. The molecule has 2 aromatic rings. The van der Waals surface area contributed by atoms with E-state index in [2.05, 4.69) is 0 Å². The molecule has 0 aliphatic carbocycles. The monoisotopic (exact) mass is 369 g/mol. The van der Waals surface area contributed by atoms with Crippen LogP contribution in [0.2, 0.25) is 0 Å². The van der Waals surface area contributed by atoms with Crippen LogP contribution in [0.15, 0.2) is 24.3 Å². The minimum absolute atomic E-state index is 0.0527. The van der Waals surface area contributed by atoms with Crippen molar-refractivity contribution in [2.24, 2.45) is 0 Å². The number of benzene rings is 2. The van der Waals surface area contributed by atoms with Gasteiger partial charge in [0.25, 0.3) is 0 Å². The van der Waals surface area contributed by atoms with Crippen molar-refractivity contribution in [3.05, 3.63) is 41.0 Å². The summed E-state index contributed by atoms with van der Waals surface area (Å²) in [7, 11) is 2.96. The number of hydrogen-bond donors (Lipinski definition) is 1. The molecule has 0 saturated carbocycles. The van der Waals surface area contributed by atoms with Crippen LogP contribution in [0, 0.1) is 0 Å². The molecule has 0 bridgehead atoms. The summed E-state index contributed by atoms with van der Waals surface area (Å²) < 4.78 is 21.4. The summed E-state index contributed by atoms with van der Waals surface area (Å²) >= 11 is 0. The standard InChI is InChI=1S/C20H19NO6/c1-24-16-4-3-13(19(23)20(16)25-2)7-15-14-9-18-17(26-11-27-18)8-12(14)5-6-21(15)10-22/h3-4,7-10,23H,5-6,11H2,1-2H3/b15-7+. The number of phenolic OH excluding ortho intramolecular Hbond substituents is 1. The third kappa shape index (κ3) is 2.81. The van der Waals surface area contributed by atoms with Gasteiger partial charge in [0.2, 0.25) is 19.0 Å². The molecule has 2 heterocycles. The first-order chi connectivity index (χ1) is 13.2. The van der Waals surface area contributed by atoms with Crippen molar-refractivity contribution in [1.29, 1.82) is 0 Å². The lowest BCUT2D eigenvalue weighted by molar-refractivity contribution is -0.115. The van der Waals surface area contributed by atoms with Crippen molar-refractivity contribution in [2.45, 2.75) is 6.42 Å². The zero-order valence-electron chi connectivity index (χ0n) is 15.0. The number of nitrogens with zero attached hydrogens (tertiary/aromatic N) is 1. The molecular weight excluding hydrogens is 350 g/mol. The predicted molar refractivity (Wildman–Crippen MR) is 98.1 cm³/mol. The van der Waals surface area contributed by atoms with Gasteiger partial charge in [0.15, 0.2) is 23.0 Å². The van der Waals surface area contributed by atoms with Gasteiger partial charge in [0, 0.05) is 17.7 Å². The molecule has 7 heteroatoms. The van der Waals surface area contributed by atoms with Gasteiger partial charge in [-0.25, -0.2) is 0 Å². The van der Waals surface area contributed by atoms with Gasteiger partial charge in [-0.2, -0.15) is 0 Å². The van der Waals surface area contributed by atoms with Crippen LogP contribution >= 0.6 is 0 Å². The van der Waals surface area contributed by atoms with E-state index in [1.165, 1.54) is 14.2 Å². The summed E-state index contributed by atoms with van der Waals surface area (Å²) in [6, 6.07) is 7.24. The van der Waals surface area contributed by atoms with Crippen LogP contribution in [-0.4, -0.2) is 44.0 Å². The number of carbonyl (C=O) groups excluding carboxylic acids is 1. The van der Waals surface area contributed by atoms with Gasteiger partial charge in [-0.3, -0.25) is 4.79 Å². The van der Waals surface area contributed by atoms with E-state index in [1.54, 1.807) is 23.1 Å². The summed E-state index contributed by atoms with van der Waals surface area (Å²) in [6.45, 7) is 0.723. The highest BCUT2D eigenvalue weighted by molar-refractivity contribution is 5.90.